The van der Waals surface area contributed by atoms with E-state index < -0.39 is 0 Å². The third kappa shape index (κ3) is 2.96. The second-order valence-electron chi connectivity index (χ2n) is 4.88. The normalized spacial score (nSPS) is 14.3. The molecule has 1 unspecified atom stereocenters. The lowest BCUT2D eigenvalue weighted by molar-refractivity contribution is 0.171. The summed E-state index contributed by atoms with van der Waals surface area (Å²) in [6.07, 6.45) is 0.579. The number of hydrogen-bond acceptors (Lipinski definition) is 3. The van der Waals surface area contributed by atoms with E-state index in [0.717, 1.165) is 16.9 Å². The van der Waals surface area contributed by atoms with Crippen molar-refractivity contribution in [3.63, 3.8) is 0 Å². The van der Waals surface area contributed by atoms with Gasteiger partial charge in [0.15, 0.2) is 11.5 Å². The van der Waals surface area contributed by atoms with Crippen LogP contribution in [0.15, 0.2) is 42.5 Å². The van der Waals surface area contributed by atoms with Gasteiger partial charge < -0.3 is 9.47 Å². The van der Waals surface area contributed by atoms with Gasteiger partial charge in [0.2, 0.25) is 0 Å². The molecule has 0 radical (unpaired) electrons. The first kappa shape index (κ1) is 13.8. The Balaban J connectivity index is 1.87. The van der Waals surface area contributed by atoms with Crippen LogP contribution in [0.3, 0.4) is 0 Å². The van der Waals surface area contributed by atoms with Gasteiger partial charge in [0.05, 0.1) is 12.0 Å². The Hall–Kier alpha value is -2.18. The maximum Gasteiger partial charge on any atom is 0.161 e. The minimum absolute atomic E-state index is 0.263. The van der Waals surface area contributed by atoms with Crippen molar-refractivity contribution in [2.75, 3.05) is 13.2 Å². The van der Waals surface area contributed by atoms with Crippen LogP contribution in [0.4, 0.5) is 0 Å². The molecule has 3 rings (SSSR count). The number of nitriles is 1. The molecule has 4 heteroatoms. The van der Waals surface area contributed by atoms with E-state index in [-0.39, 0.29) is 5.92 Å². The highest BCUT2D eigenvalue weighted by atomic mass is 35.5. The standard InChI is InChI=1S/C17H14ClNO2/c18-15-4-2-1-3-13(15)9-14(11-19)12-5-6-16-17(10-12)21-8-7-20-16/h1-6,10,14H,7-9H2. The van der Waals surface area contributed by atoms with Crippen molar-refractivity contribution in [2.45, 2.75) is 12.3 Å². The summed E-state index contributed by atoms with van der Waals surface area (Å²) in [4.78, 5) is 0. The van der Waals surface area contributed by atoms with Crippen LogP contribution in [0.25, 0.3) is 0 Å². The summed E-state index contributed by atoms with van der Waals surface area (Å²) in [7, 11) is 0. The first-order chi connectivity index (χ1) is 10.3. The molecule has 0 aromatic heterocycles. The number of fused-ring (bicyclic) bond motifs is 1. The molecule has 3 nitrogen and oxygen atoms in total. The van der Waals surface area contributed by atoms with Gasteiger partial charge in [0.1, 0.15) is 13.2 Å². The van der Waals surface area contributed by atoms with E-state index in [0.29, 0.717) is 30.4 Å². The highest BCUT2D eigenvalue weighted by molar-refractivity contribution is 6.31. The number of nitrogens with zero attached hydrogens (tertiary/aromatic N) is 1. The SMILES string of the molecule is N#CC(Cc1ccccc1Cl)c1ccc2c(c1)OCCO2. The van der Waals surface area contributed by atoms with Crippen LogP contribution in [0, 0.1) is 11.3 Å². The van der Waals surface area contributed by atoms with Crippen LogP contribution in [-0.4, -0.2) is 13.2 Å². The molecule has 106 valence electrons. The fourth-order valence-corrected chi connectivity index (χ4v) is 2.61. The second-order valence-corrected chi connectivity index (χ2v) is 5.29. The molecule has 0 amide bonds. The third-order valence-electron chi connectivity index (χ3n) is 3.51. The molecule has 1 aliphatic heterocycles. The van der Waals surface area contributed by atoms with Crippen LogP contribution >= 0.6 is 11.6 Å². The molecule has 0 N–H and O–H groups in total. The minimum atomic E-state index is -0.263. The Morgan fingerprint density at radius 3 is 2.62 bits per heavy atom. The summed E-state index contributed by atoms with van der Waals surface area (Å²) in [5.41, 5.74) is 1.89. The van der Waals surface area contributed by atoms with Gasteiger partial charge in [0, 0.05) is 5.02 Å². The maximum atomic E-state index is 9.47. The Bertz CT molecular complexity index is 693. The van der Waals surface area contributed by atoms with Crippen LogP contribution in [0.1, 0.15) is 17.0 Å². The van der Waals surface area contributed by atoms with E-state index in [1.165, 1.54) is 0 Å². The van der Waals surface area contributed by atoms with Crippen molar-refractivity contribution in [3.8, 4) is 17.6 Å². The largest absolute Gasteiger partial charge is 0.486 e. The fraction of sp³-hybridized carbons (Fsp3) is 0.235. The van der Waals surface area contributed by atoms with E-state index in [1.54, 1.807) is 0 Å². The Labute approximate surface area is 128 Å². The van der Waals surface area contributed by atoms with Gasteiger partial charge in [-0.05, 0) is 35.7 Å². The van der Waals surface area contributed by atoms with Gasteiger partial charge in [0.25, 0.3) is 0 Å². The van der Waals surface area contributed by atoms with Gasteiger partial charge in [-0.1, -0.05) is 35.9 Å². The molecule has 2 aromatic carbocycles. The smallest absolute Gasteiger partial charge is 0.161 e. The summed E-state index contributed by atoms with van der Waals surface area (Å²) in [6.45, 7) is 1.10. The Kier molecular flexibility index (Phi) is 3.98. The first-order valence-corrected chi connectivity index (χ1v) is 7.18. The fourth-order valence-electron chi connectivity index (χ4n) is 2.40. The summed E-state index contributed by atoms with van der Waals surface area (Å²) in [5.74, 6) is 1.18. The monoisotopic (exact) mass is 299 g/mol. The zero-order chi connectivity index (χ0) is 14.7. The van der Waals surface area contributed by atoms with Crippen molar-refractivity contribution in [3.05, 3.63) is 58.6 Å². The average Bonchev–Trinajstić information content (AvgIpc) is 2.54. The number of halogens is 1. The number of rotatable bonds is 3. The van der Waals surface area contributed by atoms with Gasteiger partial charge in [-0.25, -0.2) is 0 Å². The summed E-state index contributed by atoms with van der Waals surface area (Å²) >= 11 is 6.17. The zero-order valence-electron chi connectivity index (χ0n) is 11.4. The van der Waals surface area contributed by atoms with Crippen molar-refractivity contribution in [2.24, 2.45) is 0 Å². The van der Waals surface area contributed by atoms with E-state index in [4.69, 9.17) is 21.1 Å². The minimum Gasteiger partial charge on any atom is -0.486 e. The van der Waals surface area contributed by atoms with Gasteiger partial charge in [-0.15, -0.1) is 0 Å². The van der Waals surface area contributed by atoms with Crippen molar-refractivity contribution < 1.29 is 9.47 Å². The molecule has 2 aromatic rings. The molecule has 0 fully saturated rings. The second kappa shape index (κ2) is 6.07. The Morgan fingerprint density at radius 2 is 1.86 bits per heavy atom. The maximum absolute atomic E-state index is 9.47. The molecule has 0 bridgehead atoms. The number of ether oxygens (including phenoxy) is 2. The van der Waals surface area contributed by atoms with E-state index in [9.17, 15) is 5.26 Å². The summed E-state index contributed by atoms with van der Waals surface area (Å²) in [6, 6.07) is 15.6. The lowest BCUT2D eigenvalue weighted by atomic mass is 9.93. The quantitative estimate of drug-likeness (QED) is 0.861. The predicted molar refractivity (Wildman–Crippen MR) is 80.9 cm³/mol. The highest BCUT2D eigenvalue weighted by Crippen LogP contribution is 2.34. The molecule has 1 aliphatic rings. The Morgan fingerprint density at radius 1 is 1.10 bits per heavy atom. The lowest BCUT2D eigenvalue weighted by Gasteiger charge is -2.20. The lowest BCUT2D eigenvalue weighted by Crippen LogP contribution is -2.15. The molecule has 0 saturated carbocycles. The number of benzene rings is 2. The van der Waals surface area contributed by atoms with Gasteiger partial charge >= 0.3 is 0 Å². The molecular weight excluding hydrogens is 286 g/mol. The average molecular weight is 300 g/mol. The molecule has 0 saturated heterocycles. The summed E-state index contributed by atoms with van der Waals surface area (Å²) < 4.78 is 11.1. The predicted octanol–water partition coefficient (Wildman–Crippen LogP) is 3.96. The van der Waals surface area contributed by atoms with Crippen molar-refractivity contribution in [1.82, 2.24) is 0 Å². The van der Waals surface area contributed by atoms with Crippen LogP contribution in [0.2, 0.25) is 5.02 Å². The van der Waals surface area contributed by atoms with E-state index in [1.807, 2.05) is 42.5 Å². The first-order valence-electron chi connectivity index (χ1n) is 6.80. The highest BCUT2D eigenvalue weighted by Gasteiger charge is 2.18. The van der Waals surface area contributed by atoms with Gasteiger partial charge in [-0.2, -0.15) is 5.26 Å². The molecule has 1 heterocycles. The molecular formula is C17H14ClNO2. The van der Waals surface area contributed by atoms with E-state index >= 15 is 0 Å². The number of hydrogen-bond donors (Lipinski definition) is 0. The van der Waals surface area contributed by atoms with Crippen LogP contribution in [-0.2, 0) is 6.42 Å². The van der Waals surface area contributed by atoms with Crippen LogP contribution < -0.4 is 9.47 Å². The zero-order valence-corrected chi connectivity index (χ0v) is 12.1. The van der Waals surface area contributed by atoms with Gasteiger partial charge in [-0.3, -0.25) is 0 Å². The molecule has 0 spiro atoms. The topological polar surface area (TPSA) is 42.2 Å². The van der Waals surface area contributed by atoms with Crippen molar-refractivity contribution >= 4 is 11.6 Å². The third-order valence-corrected chi connectivity index (χ3v) is 3.88. The molecule has 0 aliphatic carbocycles. The van der Waals surface area contributed by atoms with E-state index in [2.05, 4.69) is 6.07 Å². The molecule has 21 heavy (non-hydrogen) atoms. The van der Waals surface area contributed by atoms with Crippen molar-refractivity contribution in [1.29, 1.82) is 5.26 Å². The summed E-state index contributed by atoms with van der Waals surface area (Å²) in [5, 5.41) is 10.2. The molecule has 1 atom stereocenters. The van der Waals surface area contributed by atoms with Crippen LogP contribution in [0.5, 0.6) is 11.5 Å².